The summed E-state index contributed by atoms with van der Waals surface area (Å²) in [5.74, 6) is -0.303. The third-order valence-corrected chi connectivity index (χ3v) is 7.59. The van der Waals surface area contributed by atoms with Gasteiger partial charge in [-0.2, -0.15) is 4.31 Å². The van der Waals surface area contributed by atoms with Crippen molar-refractivity contribution in [1.29, 1.82) is 0 Å². The van der Waals surface area contributed by atoms with Crippen LogP contribution >= 0.6 is 11.6 Å². The molecule has 0 saturated carbocycles. The summed E-state index contributed by atoms with van der Waals surface area (Å²) in [6.07, 6.45) is 7.68. The van der Waals surface area contributed by atoms with Crippen LogP contribution < -0.4 is 5.32 Å². The Labute approximate surface area is 190 Å². The molecule has 166 valence electrons. The molecule has 0 unspecified atom stereocenters. The monoisotopic (exact) mass is 460 g/mol. The third kappa shape index (κ3) is 6.66. The molecule has 7 heteroatoms. The first-order chi connectivity index (χ1) is 14.9. The second-order valence-electron chi connectivity index (χ2n) is 7.86. The van der Waals surface area contributed by atoms with E-state index in [9.17, 15) is 13.2 Å². The molecule has 1 aliphatic carbocycles. The van der Waals surface area contributed by atoms with Crippen molar-refractivity contribution in [2.75, 3.05) is 13.1 Å². The van der Waals surface area contributed by atoms with E-state index >= 15 is 0 Å². The largest absolute Gasteiger partial charge is 0.355 e. The van der Waals surface area contributed by atoms with Crippen LogP contribution in [0.2, 0.25) is 5.02 Å². The molecular formula is C24H29ClN2O3S. The van der Waals surface area contributed by atoms with E-state index in [4.69, 9.17) is 11.6 Å². The number of aryl methyl sites for hydroxylation is 1. The van der Waals surface area contributed by atoms with E-state index in [0.29, 0.717) is 11.6 Å². The molecule has 0 aliphatic heterocycles. The quantitative estimate of drug-likeness (QED) is 0.544. The van der Waals surface area contributed by atoms with Crippen molar-refractivity contribution in [2.45, 2.75) is 50.5 Å². The Bertz CT molecular complexity index is 1030. The van der Waals surface area contributed by atoms with Crippen molar-refractivity contribution >= 4 is 27.5 Å². The van der Waals surface area contributed by atoms with Crippen molar-refractivity contribution in [1.82, 2.24) is 9.62 Å². The normalized spacial score (nSPS) is 14.4. The molecule has 1 amide bonds. The molecule has 31 heavy (non-hydrogen) atoms. The zero-order valence-electron chi connectivity index (χ0n) is 17.8. The van der Waals surface area contributed by atoms with Gasteiger partial charge in [0, 0.05) is 18.1 Å². The zero-order chi connectivity index (χ0) is 22.3. The lowest BCUT2D eigenvalue weighted by Gasteiger charge is -2.23. The van der Waals surface area contributed by atoms with Gasteiger partial charge < -0.3 is 5.32 Å². The molecule has 2 aromatic carbocycles. The Morgan fingerprint density at radius 3 is 2.52 bits per heavy atom. The Morgan fingerprint density at radius 1 is 1.10 bits per heavy atom. The lowest BCUT2D eigenvalue weighted by Crippen LogP contribution is -2.40. The lowest BCUT2D eigenvalue weighted by molar-refractivity contribution is -0.121. The van der Waals surface area contributed by atoms with Gasteiger partial charge in [-0.15, -0.1) is 0 Å². The second kappa shape index (κ2) is 10.9. The topological polar surface area (TPSA) is 66.5 Å². The minimum Gasteiger partial charge on any atom is -0.355 e. The van der Waals surface area contributed by atoms with Crippen LogP contribution in [-0.2, 0) is 21.4 Å². The number of carbonyl (C=O) groups excluding carboxylic acids is 1. The second-order valence-corrected chi connectivity index (χ2v) is 10.2. The molecule has 0 saturated heterocycles. The van der Waals surface area contributed by atoms with Gasteiger partial charge in [-0.1, -0.05) is 47.5 Å². The van der Waals surface area contributed by atoms with Crippen LogP contribution in [0.4, 0.5) is 0 Å². The van der Waals surface area contributed by atoms with Crippen LogP contribution in [0.15, 0.2) is 65.1 Å². The highest BCUT2D eigenvalue weighted by Crippen LogP contribution is 2.22. The van der Waals surface area contributed by atoms with Crippen LogP contribution in [0.25, 0.3) is 0 Å². The molecule has 3 rings (SSSR count). The Morgan fingerprint density at radius 2 is 1.84 bits per heavy atom. The van der Waals surface area contributed by atoms with Gasteiger partial charge in [-0.3, -0.25) is 4.79 Å². The summed E-state index contributed by atoms with van der Waals surface area (Å²) in [6.45, 7) is 2.33. The molecular weight excluding hydrogens is 432 g/mol. The number of hydrogen-bond acceptors (Lipinski definition) is 3. The number of nitrogens with zero attached hydrogens (tertiary/aromatic N) is 1. The van der Waals surface area contributed by atoms with Crippen LogP contribution in [0.1, 0.15) is 43.2 Å². The predicted molar refractivity (Wildman–Crippen MR) is 124 cm³/mol. The van der Waals surface area contributed by atoms with Crippen molar-refractivity contribution in [3.63, 3.8) is 0 Å². The van der Waals surface area contributed by atoms with E-state index in [1.165, 1.54) is 34.9 Å². The minimum atomic E-state index is -3.87. The van der Waals surface area contributed by atoms with Crippen LogP contribution in [0.5, 0.6) is 0 Å². The smallest absolute Gasteiger partial charge is 0.243 e. The van der Waals surface area contributed by atoms with E-state index < -0.39 is 10.0 Å². The van der Waals surface area contributed by atoms with Crippen molar-refractivity contribution in [2.24, 2.45) is 0 Å². The van der Waals surface area contributed by atoms with Crippen molar-refractivity contribution in [3.05, 3.63) is 76.3 Å². The summed E-state index contributed by atoms with van der Waals surface area (Å²) in [5, 5.41) is 3.34. The van der Waals surface area contributed by atoms with Crippen LogP contribution in [-0.4, -0.2) is 31.7 Å². The maximum Gasteiger partial charge on any atom is 0.243 e. The number of allylic oxidation sites excluding steroid dienone is 1. The third-order valence-electron chi connectivity index (χ3n) is 5.53. The van der Waals surface area contributed by atoms with Gasteiger partial charge in [-0.25, -0.2) is 8.42 Å². The molecule has 0 fully saturated rings. The molecule has 0 bridgehead atoms. The molecule has 5 nitrogen and oxygen atoms in total. The van der Waals surface area contributed by atoms with Gasteiger partial charge in [-0.05, 0) is 74.4 Å². The van der Waals surface area contributed by atoms with Crippen LogP contribution in [0, 0.1) is 6.92 Å². The van der Waals surface area contributed by atoms with Crippen molar-refractivity contribution < 1.29 is 13.2 Å². The highest BCUT2D eigenvalue weighted by molar-refractivity contribution is 7.89. The molecule has 0 radical (unpaired) electrons. The fourth-order valence-corrected chi connectivity index (χ4v) is 5.17. The first-order valence-electron chi connectivity index (χ1n) is 10.6. The molecule has 0 atom stereocenters. The van der Waals surface area contributed by atoms with Gasteiger partial charge in [0.2, 0.25) is 15.9 Å². The van der Waals surface area contributed by atoms with Crippen molar-refractivity contribution in [3.8, 4) is 0 Å². The molecule has 2 aromatic rings. The number of amides is 1. The molecule has 1 N–H and O–H groups in total. The predicted octanol–water partition coefficient (Wildman–Crippen LogP) is 4.85. The van der Waals surface area contributed by atoms with Gasteiger partial charge in [0.05, 0.1) is 11.4 Å². The van der Waals surface area contributed by atoms with Crippen LogP contribution in [0.3, 0.4) is 0 Å². The summed E-state index contributed by atoms with van der Waals surface area (Å²) in [6, 6.07) is 13.6. The average molecular weight is 461 g/mol. The number of hydrogen-bond donors (Lipinski definition) is 1. The van der Waals surface area contributed by atoms with E-state index in [1.54, 1.807) is 12.1 Å². The molecule has 1 aliphatic rings. The van der Waals surface area contributed by atoms with E-state index in [0.717, 1.165) is 30.4 Å². The number of nitrogens with one attached hydrogen (secondary N) is 1. The maximum absolute atomic E-state index is 13.3. The summed E-state index contributed by atoms with van der Waals surface area (Å²) >= 11 is 5.92. The number of carbonyl (C=O) groups is 1. The van der Waals surface area contributed by atoms with E-state index in [1.807, 2.05) is 31.2 Å². The minimum absolute atomic E-state index is 0.116. The standard InChI is InChI=1S/C24H29ClN2O3S/c1-19-7-5-6-10-21(19)17-27(31(29,30)23-13-11-22(25)12-14-23)18-24(28)26-16-15-20-8-3-2-4-9-20/h5-8,10-14H,2-4,9,15-18H2,1H3,(H,26,28). The highest BCUT2D eigenvalue weighted by Gasteiger charge is 2.27. The number of halogens is 1. The summed E-state index contributed by atoms with van der Waals surface area (Å²) < 4.78 is 27.8. The molecule has 0 heterocycles. The Hall–Kier alpha value is -2.15. The first-order valence-corrected chi connectivity index (χ1v) is 12.4. The summed E-state index contributed by atoms with van der Waals surface area (Å²) in [5.41, 5.74) is 3.21. The van der Waals surface area contributed by atoms with E-state index in [-0.39, 0.29) is 23.9 Å². The molecule has 0 spiro atoms. The van der Waals surface area contributed by atoms with Gasteiger partial charge in [0.15, 0.2) is 0 Å². The maximum atomic E-state index is 13.3. The SMILES string of the molecule is Cc1ccccc1CN(CC(=O)NCCC1=CCCCC1)S(=O)(=O)c1ccc(Cl)cc1. The summed E-state index contributed by atoms with van der Waals surface area (Å²) in [7, 11) is -3.87. The zero-order valence-corrected chi connectivity index (χ0v) is 19.4. The Balaban J connectivity index is 1.73. The highest BCUT2D eigenvalue weighted by atomic mass is 35.5. The number of rotatable bonds is 9. The fourth-order valence-electron chi connectivity index (χ4n) is 3.67. The fraction of sp³-hybridized carbons (Fsp3) is 0.375. The van der Waals surface area contributed by atoms with E-state index in [2.05, 4.69) is 11.4 Å². The van der Waals surface area contributed by atoms with Gasteiger partial charge in [0.25, 0.3) is 0 Å². The average Bonchev–Trinajstić information content (AvgIpc) is 2.76. The lowest BCUT2D eigenvalue weighted by atomic mass is 9.97. The Kier molecular flexibility index (Phi) is 8.29. The molecule has 0 aromatic heterocycles. The van der Waals surface area contributed by atoms with Gasteiger partial charge >= 0.3 is 0 Å². The van der Waals surface area contributed by atoms with Gasteiger partial charge in [0.1, 0.15) is 0 Å². The summed E-state index contributed by atoms with van der Waals surface area (Å²) in [4.78, 5) is 12.8. The number of benzene rings is 2. The first kappa shape index (κ1) is 23.5. The number of sulfonamides is 1.